The van der Waals surface area contributed by atoms with E-state index in [-0.39, 0.29) is 30.3 Å². The molecule has 1 aromatic heterocycles. The Bertz CT molecular complexity index is 936. The predicted molar refractivity (Wildman–Crippen MR) is 96.1 cm³/mol. The molecule has 8 nitrogen and oxygen atoms in total. The van der Waals surface area contributed by atoms with E-state index in [2.05, 4.69) is 10.4 Å². The molecule has 1 amide bonds. The van der Waals surface area contributed by atoms with E-state index in [1.165, 1.54) is 16.6 Å². The van der Waals surface area contributed by atoms with Crippen molar-refractivity contribution in [3.05, 3.63) is 46.8 Å². The quantitative estimate of drug-likeness (QED) is 0.826. The van der Waals surface area contributed by atoms with Crippen LogP contribution in [0.15, 0.2) is 24.3 Å². The van der Waals surface area contributed by atoms with Crippen molar-refractivity contribution in [2.24, 2.45) is 0 Å². The van der Waals surface area contributed by atoms with Crippen LogP contribution < -0.4 is 5.32 Å². The second-order valence-corrected chi connectivity index (χ2v) is 8.49. The highest BCUT2D eigenvalue weighted by molar-refractivity contribution is 7.88. The third kappa shape index (κ3) is 4.05. The third-order valence-electron chi connectivity index (χ3n) is 4.33. The number of fused-ring (bicyclic) bond motifs is 1. The second-order valence-electron chi connectivity index (χ2n) is 6.50. The van der Waals surface area contributed by atoms with Gasteiger partial charge in [-0.1, -0.05) is 11.6 Å². The maximum Gasteiger partial charge on any atom is 0.255 e. The largest absolute Gasteiger partial charge is 0.507 e. The molecule has 0 saturated heterocycles. The number of sulfonamides is 1. The van der Waals surface area contributed by atoms with Gasteiger partial charge in [-0.3, -0.25) is 9.48 Å². The van der Waals surface area contributed by atoms with E-state index in [1.54, 1.807) is 22.9 Å². The lowest BCUT2D eigenvalue weighted by Gasteiger charge is -2.16. The van der Waals surface area contributed by atoms with E-state index in [0.29, 0.717) is 25.2 Å². The van der Waals surface area contributed by atoms with Gasteiger partial charge < -0.3 is 10.4 Å². The van der Waals surface area contributed by atoms with Gasteiger partial charge in [0.05, 0.1) is 36.3 Å². The molecule has 2 heterocycles. The molecule has 0 saturated carbocycles. The highest BCUT2D eigenvalue weighted by Gasteiger charge is 2.23. The van der Waals surface area contributed by atoms with Crippen molar-refractivity contribution in [1.29, 1.82) is 0 Å². The molecular formula is C17H22N4O4S. The van der Waals surface area contributed by atoms with Gasteiger partial charge in [-0.05, 0) is 31.5 Å². The van der Waals surface area contributed by atoms with Crippen molar-refractivity contribution in [1.82, 2.24) is 19.4 Å². The fourth-order valence-corrected chi connectivity index (χ4v) is 3.79. The average Bonchev–Trinajstić information content (AvgIpc) is 2.83. The Labute approximate surface area is 152 Å². The molecule has 0 atom stereocenters. The molecule has 1 aliphatic rings. The Hall–Kier alpha value is -2.39. The number of amides is 1. The molecule has 2 N–H and O–H groups in total. The van der Waals surface area contributed by atoms with Gasteiger partial charge in [-0.2, -0.15) is 9.40 Å². The molecule has 9 heteroatoms. The van der Waals surface area contributed by atoms with E-state index in [4.69, 9.17) is 0 Å². The number of aryl methyl sites for hydroxylation is 2. The smallest absolute Gasteiger partial charge is 0.255 e. The zero-order valence-electron chi connectivity index (χ0n) is 14.8. The summed E-state index contributed by atoms with van der Waals surface area (Å²) in [6.45, 7) is 3.43. The highest BCUT2D eigenvalue weighted by atomic mass is 32.2. The molecule has 140 valence electrons. The minimum absolute atomic E-state index is 0.0717. The van der Waals surface area contributed by atoms with E-state index in [0.717, 1.165) is 11.3 Å². The normalized spacial score (nSPS) is 15.3. The van der Waals surface area contributed by atoms with E-state index < -0.39 is 10.0 Å². The van der Waals surface area contributed by atoms with Gasteiger partial charge in [-0.25, -0.2) is 8.42 Å². The molecule has 0 radical (unpaired) electrons. The Balaban J connectivity index is 1.71. The standard InChI is InChI=1S/C17H22N4O4S/c1-12-4-5-16(22)15(8-12)17(23)18-10-13-9-14-11-20(26(2,24)25)6-3-7-21(14)19-13/h4-5,8-9,22H,3,6-7,10-11H2,1-2H3,(H,18,23). The molecule has 0 unspecified atom stereocenters. The van der Waals surface area contributed by atoms with Crippen LogP contribution in [0.2, 0.25) is 0 Å². The Morgan fingerprint density at radius 3 is 2.81 bits per heavy atom. The van der Waals surface area contributed by atoms with Crippen LogP contribution in [0, 0.1) is 6.92 Å². The van der Waals surface area contributed by atoms with Gasteiger partial charge in [0.15, 0.2) is 0 Å². The van der Waals surface area contributed by atoms with Gasteiger partial charge in [-0.15, -0.1) is 0 Å². The molecule has 26 heavy (non-hydrogen) atoms. The van der Waals surface area contributed by atoms with E-state index in [1.807, 2.05) is 6.92 Å². The average molecular weight is 378 g/mol. The van der Waals surface area contributed by atoms with Crippen LogP contribution in [-0.2, 0) is 29.7 Å². The zero-order valence-corrected chi connectivity index (χ0v) is 15.6. The SMILES string of the molecule is Cc1ccc(O)c(C(=O)NCc2cc3n(n2)CCCN(S(C)(=O)=O)C3)c1. The number of phenolic OH excluding ortho intramolecular Hbond substituents is 1. The van der Waals surface area contributed by atoms with Gasteiger partial charge in [0, 0.05) is 13.1 Å². The summed E-state index contributed by atoms with van der Waals surface area (Å²) in [5.74, 6) is -0.454. The molecule has 2 aromatic rings. The third-order valence-corrected chi connectivity index (χ3v) is 5.58. The molecule has 1 aromatic carbocycles. The topological polar surface area (TPSA) is 105 Å². The van der Waals surface area contributed by atoms with Crippen LogP contribution in [0.25, 0.3) is 0 Å². The Kier molecular flexibility index (Phi) is 5.01. The number of phenols is 1. The van der Waals surface area contributed by atoms with Gasteiger partial charge in [0.25, 0.3) is 5.91 Å². The van der Waals surface area contributed by atoms with Crippen molar-refractivity contribution in [2.75, 3.05) is 12.8 Å². The number of aromatic nitrogens is 2. The molecular weight excluding hydrogens is 356 g/mol. The molecule has 1 aliphatic heterocycles. The van der Waals surface area contributed by atoms with Crippen LogP contribution >= 0.6 is 0 Å². The number of benzene rings is 1. The van der Waals surface area contributed by atoms with Crippen LogP contribution in [0.3, 0.4) is 0 Å². The number of carbonyl (C=O) groups is 1. The first-order chi connectivity index (χ1) is 12.2. The van der Waals surface area contributed by atoms with Gasteiger partial charge >= 0.3 is 0 Å². The summed E-state index contributed by atoms with van der Waals surface area (Å²) in [5.41, 5.74) is 2.54. The molecule has 3 rings (SSSR count). The molecule has 0 spiro atoms. The highest BCUT2D eigenvalue weighted by Crippen LogP contribution is 2.19. The van der Waals surface area contributed by atoms with Crippen LogP contribution in [0.5, 0.6) is 5.75 Å². The van der Waals surface area contributed by atoms with Crippen molar-refractivity contribution in [3.63, 3.8) is 0 Å². The van der Waals surface area contributed by atoms with Crippen molar-refractivity contribution in [2.45, 2.75) is 33.0 Å². The number of carbonyl (C=O) groups excluding carboxylic acids is 1. The second kappa shape index (κ2) is 7.08. The molecule has 0 fully saturated rings. The number of aromatic hydroxyl groups is 1. The fraction of sp³-hybridized carbons (Fsp3) is 0.412. The minimum atomic E-state index is -3.26. The number of nitrogens with one attached hydrogen (secondary N) is 1. The Morgan fingerprint density at radius 2 is 2.08 bits per heavy atom. The summed E-state index contributed by atoms with van der Waals surface area (Å²) in [5, 5.41) is 17.0. The van der Waals surface area contributed by atoms with E-state index in [9.17, 15) is 18.3 Å². The number of rotatable bonds is 4. The number of nitrogens with zero attached hydrogens (tertiary/aromatic N) is 3. The minimum Gasteiger partial charge on any atom is -0.507 e. The predicted octanol–water partition coefficient (Wildman–Crippen LogP) is 0.992. The Morgan fingerprint density at radius 1 is 1.31 bits per heavy atom. The summed E-state index contributed by atoms with van der Waals surface area (Å²) in [7, 11) is -3.26. The van der Waals surface area contributed by atoms with E-state index >= 15 is 0 Å². The number of hydrogen-bond donors (Lipinski definition) is 2. The van der Waals surface area contributed by atoms with Crippen LogP contribution in [0.1, 0.15) is 33.7 Å². The summed E-state index contributed by atoms with van der Waals surface area (Å²) < 4.78 is 26.8. The maximum absolute atomic E-state index is 12.3. The monoisotopic (exact) mass is 378 g/mol. The summed E-state index contributed by atoms with van der Waals surface area (Å²) in [4.78, 5) is 12.3. The molecule has 0 aliphatic carbocycles. The maximum atomic E-state index is 12.3. The lowest BCUT2D eigenvalue weighted by atomic mass is 10.1. The first kappa shape index (κ1) is 18.4. The lowest BCUT2D eigenvalue weighted by molar-refractivity contribution is 0.0947. The molecule has 0 bridgehead atoms. The van der Waals surface area contributed by atoms with Crippen molar-refractivity contribution >= 4 is 15.9 Å². The lowest BCUT2D eigenvalue weighted by Crippen LogP contribution is -2.29. The van der Waals surface area contributed by atoms with Crippen LogP contribution in [-0.4, -0.2) is 46.3 Å². The fourth-order valence-electron chi connectivity index (χ4n) is 2.96. The van der Waals surface area contributed by atoms with Gasteiger partial charge in [0.1, 0.15) is 5.75 Å². The summed E-state index contributed by atoms with van der Waals surface area (Å²) >= 11 is 0. The summed E-state index contributed by atoms with van der Waals surface area (Å²) in [6, 6.07) is 6.64. The zero-order chi connectivity index (χ0) is 18.9. The number of hydrogen-bond acceptors (Lipinski definition) is 5. The first-order valence-corrected chi connectivity index (χ1v) is 10.2. The summed E-state index contributed by atoms with van der Waals surface area (Å²) in [6.07, 6.45) is 1.89. The van der Waals surface area contributed by atoms with Crippen molar-refractivity contribution in [3.8, 4) is 5.75 Å². The first-order valence-electron chi connectivity index (χ1n) is 8.32. The van der Waals surface area contributed by atoms with Crippen molar-refractivity contribution < 1.29 is 18.3 Å². The van der Waals surface area contributed by atoms with Gasteiger partial charge in [0.2, 0.25) is 10.0 Å². The van der Waals surface area contributed by atoms with Crippen LogP contribution in [0.4, 0.5) is 0 Å².